The zero-order valence-electron chi connectivity index (χ0n) is 15.3. The van der Waals surface area contributed by atoms with E-state index in [-0.39, 0.29) is 28.4 Å². The summed E-state index contributed by atoms with van der Waals surface area (Å²) in [5, 5.41) is 37.6. The topological polar surface area (TPSA) is 84.8 Å². The summed E-state index contributed by atoms with van der Waals surface area (Å²) < 4.78 is 0. The van der Waals surface area contributed by atoms with E-state index in [0.717, 1.165) is 19.4 Å². The maximum absolute atomic E-state index is 10.8. The van der Waals surface area contributed by atoms with E-state index >= 15 is 0 Å². The number of hydrogen-bond donors (Lipinski definition) is 5. The van der Waals surface area contributed by atoms with Crippen molar-refractivity contribution in [3.05, 3.63) is 41.5 Å². The number of hydrogen-bond acceptors (Lipinski definition) is 5. The van der Waals surface area contributed by atoms with Crippen LogP contribution in [0.3, 0.4) is 0 Å². The van der Waals surface area contributed by atoms with Crippen molar-refractivity contribution < 1.29 is 15.3 Å². The van der Waals surface area contributed by atoms with Crippen LogP contribution in [0.15, 0.2) is 30.3 Å². The molecule has 2 aromatic rings. The van der Waals surface area contributed by atoms with Crippen molar-refractivity contribution >= 4 is 11.4 Å². The molecule has 0 amide bonds. The van der Waals surface area contributed by atoms with E-state index in [4.69, 9.17) is 0 Å². The second-order valence-electron chi connectivity index (χ2n) is 8.35. The normalized spacial score (nSPS) is 28.9. The zero-order chi connectivity index (χ0) is 18.6. The van der Waals surface area contributed by atoms with Crippen molar-refractivity contribution in [1.82, 2.24) is 5.32 Å². The Morgan fingerprint density at radius 3 is 2.63 bits per heavy atom. The fourth-order valence-electron chi connectivity index (χ4n) is 5.86. The summed E-state index contributed by atoms with van der Waals surface area (Å²) in [6.07, 6.45) is 7.13. The standard InChI is InChI=1S/C22H26N2O3/c25-18-5-3-6-19(26)21(18)24-17-11-13-10-16-14-4-1-2-7-22(14,8-9-23-16)15(13)12-20(17)27/h3,5-6,11-12,14,16,23-27H,1-2,4,7-10H2/t14-,16+,22+/m1/s1. The quantitative estimate of drug-likeness (QED) is 0.521. The van der Waals surface area contributed by atoms with Gasteiger partial charge in [0.05, 0.1) is 5.69 Å². The third-order valence-electron chi connectivity index (χ3n) is 7.04. The summed E-state index contributed by atoms with van der Waals surface area (Å²) in [5.74, 6) is 0.744. The van der Waals surface area contributed by atoms with Crippen LogP contribution in [-0.4, -0.2) is 27.9 Å². The number of aromatic hydroxyl groups is 3. The molecule has 27 heavy (non-hydrogen) atoms. The number of rotatable bonds is 2. The van der Waals surface area contributed by atoms with Crippen molar-refractivity contribution in [2.75, 3.05) is 11.9 Å². The molecule has 2 aliphatic carbocycles. The summed E-state index contributed by atoms with van der Waals surface area (Å²) in [6.45, 7) is 1.05. The largest absolute Gasteiger partial charge is 0.506 e. The first kappa shape index (κ1) is 16.8. The van der Waals surface area contributed by atoms with Crippen LogP contribution in [0, 0.1) is 5.92 Å². The van der Waals surface area contributed by atoms with Crippen LogP contribution in [0.5, 0.6) is 17.2 Å². The third kappa shape index (κ3) is 2.48. The molecule has 1 aliphatic heterocycles. The molecule has 2 aromatic carbocycles. The SMILES string of the molecule is Oc1cc2c(cc1Nc1c(O)cccc1O)C[C@@H]1NCC[C@]23CCCC[C@H]13. The zero-order valence-corrected chi connectivity index (χ0v) is 15.3. The first-order chi connectivity index (χ1) is 13.1. The number of fused-ring (bicyclic) bond motifs is 1. The third-order valence-corrected chi connectivity index (χ3v) is 7.04. The van der Waals surface area contributed by atoms with Gasteiger partial charge in [-0.3, -0.25) is 0 Å². The minimum absolute atomic E-state index is 0.0448. The van der Waals surface area contributed by atoms with Gasteiger partial charge in [-0.2, -0.15) is 0 Å². The van der Waals surface area contributed by atoms with Gasteiger partial charge >= 0.3 is 0 Å². The van der Waals surface area contributed by atoms with Crippen molar-refractivity contribution in [3.63, 3.8) is 0 Å². The van der Waals surface area contributed by atoms with Gasteiger partial charge in [-0.05, 0) is 73.5 Å². The van der Waals surface area contributed by atoms with E-state index in [1.54, 1.807) is 6.07 Å². The lowest BCUT2D eigenvalue weighted by Crippen LogP contribution is -2.59. The van der Waals surface area contributed by atoms with E-state index in [2.05, 4.69) is 10.6 Å². The molecule has 5 nitrogen and oxygen atoms in total. The highest BCUT2D eigenvalue weighted by atomic mass is 16.3. The van der Waals surface area contributed by atoms with Gasteiger partial charge < -0.3 is 26.0 Å². The average Bonchev–Trinajstić information content (AvgIpc) is 2.66. The Labute approximate surface area is 159 Å². The van der Waals surface area contributed by atoms with Crippen molar-refractivity contribution in [1.29, 1.82) is 0 Å². The Balaban J connectivity index is 1.58. The number of para-hydroxylation sites is 1. The molecule has 1 saturated heterocycles. The number of phenols is 3. The highest BCUT2D eigenvalue weighted by Gasteiger charge is 2.51. The Morgan fingerprint density at radius 1 is 1.00 bits per heavy atom. The van der Waals surface area contributed by atoms with E-state index in [9.17, 15) is 15.3 Å². The number of phenolic OH excluding ortho intramolecular Hbond substituents is 3. The Bertz CT molecular complexity index is 873. The molecule has 5 N–H and O–H groups in total. The molecule has 3 atom stereocenters. The summed E-state index contributed by atoms with van der Waals surface area (Å²) in [6, 6.07) is 9.05. The van der Waals surface area contributed by atoms with Crippen LogP contribution in [0.1, 0.15) is 43.2 Å². The molecule has 5 heteroatoms. The molecule has 142 valence electrons. The van der Waals surface area contributed by atoms with E-state index < -0.39 is 0 Å². The minimum atomic E-state index is -0.0448. The lowest BCUT2D eigenvalue weighted by Gasteiger charge is -2.56. The number of piperidine rings is 1. The first-order valence-corrected chi connectivity index (χ1v) is 9.96. The van der Waals surface area contributed by atoms with Crippen LogP contribution in [-0.2, 0) is 11.8 Å². The van der Waals surface area contributed by atoms with E-state index in [1.165, 1.54) is 48.9 Å². The molecule has 2 fully saturated rings. The van der Waals surface area contributed by atoms with Crippen molar-refractivity contribution in [2.45, 2.75) is 50.0 Å². The first-order valence-electron chi connectivity index (χ1n) is 9.96. The summed E-state index contributed by atoms with van der Waals surface area (Å²) in [7, 11) is 0. The minimum Gasteiger partial charge on any atom is -0.506 e. The lowest BCUT2D eigenvalue weighted by atomic mass is 9.53. The second-order valence-corrected chi connectivity index (χ2v) is 8.35. The average molecular weight is 366 g/mol. The summed E-state index contributed by atoms with van der Waals surface area (Å²) >= 11 is 0. The molecular weight excluding hydrogens is 340 g/mol. The molecule has 5 rings (SSSR count). The van der Waals surface area contributed by atoms with Gasteiger partial charge in [-0.1, -0.05) is 18.9 Å². The molecule has 0 spiro atoms. The van der Waals surface area contributed by atoms with Gasteiger partial charge in [0, 0.05) is 11.5 Å². The van der Waals surface area contributed by atoms with Gasteiger partial charge in [0.25, 0.3) is 0 Å². The highest BCUT2D eigenvalue weighted by Crippen LogP contribution is 2.55. The Morgan fingerprint density at radius 2 is 1.81 bits per heavy atom. The van der Waals surface area contributed by atoms with Gasteiger partial charge in [-0.25, -0.2) is 0 Å². The Kier molecular flexibility index (Phi) is 3.76. The fraction of sp³-hybridized carbons (Fsp3) is 0.455. The monoisotopic (exact) mass is 366 g/mol. The summed E-state index contributed by atoms with van der Waals surface area (Å²) in [4.78, 5) is 0. The molecule has 1 saturated carbocycles. The van der Waals surface area contributed by atoms with E-state index in [0.29, 0.717) is 17.6 Å². The number of nitrogens with one attached hydrogen (secondary N) is 2. The van der Waals surface area contributed by atoms with E-state index in [1.807, 2.05) is 12.1 Å². The highest BCUT2D eigenvalue weighted by molar-refractivity contribution is 5.76. The van der Waals surface area contributed by atoms with Gasteiger partial charge in [0.2, 0.25) is 0 Å². The molecule has 3 aliphatic rings. The molecular formula is C22H26N2O3. The van der Waals surface area contributed by atoms with Crippen LogP contribution < -0.4 is 10.6 Å². The molecule has 1 heterocycles. The van der Waals surface area contributed by atoms with Crippen molar-refractivity contribution in [3.8, 4) is 17.2 Å². The maximum Gasteiger partial charge on any atom is 0.142 e. The summed E-state index contributed by atoms with van der Waals surface area (Å²) in [5.41, 5.74) is 3.51. The smallest absolute Gasteiger partial charge is 0.142 e. The maximum atomic E-state index is 10.8. The fourth-order valence-corrected chi connectivity index (χ4v) is 5.86. The predicted octanol–water partition coefficient (Wildman–Crippen LogP) is 3.89. The van der Waals surface area contributed by atoms with Gasteiger partial charge in [0.1, 0.15) is 22.9 Å². The molecule has 0 radical (unpaired) electrons. The van der Waals surface area contributed by atoms with Crippen LogP contribution in [0.25, 0.3) is 0 Å². The molecule has 0 aromatic heterocycles. The number of benzene rings is 2. The molecule has 2 bridgehead atoms. The predicted molar refractivity (Wildman–Crippen MR) is 105 cm³/mol. The Hall–Kier alpha value is -2.40. The van der Waals surface area contributed by atoms with Gasteiger partial charge in [0.15, 0.2) is 0 Å². The van der Waals surface area contributed by atoms with Crippen molar-refractivity contribution in [2.24, 2.45) is 5.92 Å². The molecule has 0 unspecified atom stereocenters. The lowest BCUT2D eigenvalue weighted by molar-refractivity contribution is 0.0796. The van der Waals surface area contributed by atoms with Crippen LogP contribution in [0.2, 0.25) is 0 Å². The van der Waals surface area contributed by atoms with Gasteiger partial charge in [-0.15, -0.1) is 0 Å². The number of anilines is 2. The van der Waals surface area contributed by atoms with Crippen LogP contribution in [0.4, 0.5) is 11.4 Å². The van der Waals surface area contributed by atoms with Crippen LogP contribution >= 0.6 is 0 Å². The second kappa shape index (κ2) is 6.06.